The van der Waals surface area contributed by atoms with Gasteiger partial charge < -0.3 is 239 Å². The Hall–Kier alpha value is -2.41. The third kappa shape index (κ3) is 20.2. The highest BCUT2D eigenvalue weighted by Gasteiger charge is 2.62. The van der Waals surface area contributed by atoms with Gasteiger partial charge in [-0.15, -0.1) is 0 Å². The highest BCUT2D eigenvalue weighted by atomic mass is 16.8. The Labute approximate surface area is 666 Å². The van der Waals surface area contributed by atoms with E-state index in [0.29, 0.717) is 0 Å². The van der Waals surface area contributed by atoms with Crippen LogP contribution in [0.4, 0.5) is 0 Å². The average Bonchev–Trinajstić information content (AvgIpc) is 0.769. The van der Waals surface area contributed by atoms with Crippen molar-refractivity contribution in [2.24, 2.45) is 29.4 Å². The summed E-state index contributed by atoms with van der Waals surface area (Å²) >= 11 is 0. The lowest BCUT2D eigenvalue weighted by molar-refractivity contribution is -0.402. The first kappa shape index (κ1) is 96.8. The molecule has 0 aromatic rings. The second-order valence-electron chi connectivity index (χ2n) is 31.4. The number of aliphatic hydroxyl groups is 27. The van der Waals surface area contributed by atoms with E-state index in [1.54, 1.807) is 13.8 Å². The summed E-state index contributed by atoms with van der Waals surface area (Å²) in [5.41, 5.74) is 5.96. The average molecular weight is 1720 g/mol. The maximum Gasteiger partial charge on any atom is 0.364 e. The molecule has 10 fully saturated rings. The molecular weight excluding hydrogens is 1600 g/mol. The van der Waals surface area contributed by atoms with Gasteiger partial charge in [0, 0.05) is 30.1 Å². The normalized spacial score (nSPS) is 52.1. The fourth-order valence-electron chi connectivity index (χ4n) is 15.9. The van der Waals surface area contributed by atoms with Gasteiger partial charge in [0.25, 0.3) is 5.79 Å². The number of aliphatic hydroxyl groups excluding tert-OH is 27. The van der Waals surface area contributed by atoms with Gasteiger partial charge in [-0.2, -0.15) is 0 Å². The predicted octanol–water partition coefficient (Wildman–Crippen LogP) is -17.5. The number of rotatable bonds is 31. The molecule has 0 saturated carbocycles. The monoisotopic (exact) mass is 1720 g/mol. The van der Waals surface area contributed by atoms with E-state index >= 15 is 0 Å². The Morgan fingerprint density at radius 2 is 0.675 bits per heavy atom. The standard InChI is InChI=1S/C68H117NO48/c1-17-21(5)101-27(11-74)51(34(17)80)110-59-18(2)35(81)54(30(14-77)105-59)113-64-50(96)56(114-66-58(47(93)41(87)26(10-73)104-66)116-61-20(4)37(83)52(28(12-75)107-61)111-62-48(94)44(90)39(85)24(8-71)102-62)43(89)31(108-64)15-99-65-57(46(92)40(86)25(9-72)103-65)115-60-19(3)36(82)53(29(13-76)106-60)112-63-49(95)45(91)42(88)32(109-63)16-100-68(67(97)98)6-22(78)33(69)55(117-68)38(84)23(79)7-70/h17-66,70-96H,6-16,69H2,1-5H3,(H,97,98)/t17-,18+,19?,20+,21+,22-,23?,24?,25?,26-,27?,28?,29+,30?,31?,32?,33-,34?,35?,36?,37?,38-,39+,40-,41-,42+,43-,44?,45?,46?,47?,48+,49+,50-,51-,52-,53-,54-,55?,56?,57-,58?,59+,60+,61+,62+,63+,64+,65+,66-,68-/m1/s1. The van der Waals surface area contributed by atoms with Crippen molar-refractivity contribution in [1.82, 2.24) is 0 Å². The molecule has 10 aliphatic rings. The zero-order valence-electron chi connectivity index (χ0n) is 63.9. The number of hydrogen-bond donors (Lipinski definition) is 29. The molecule has 0 bridgehead atoms. The van der Waals surface area contributed by atoms with E-state index in [2.05, 4.69) is 0 Å². The van der Waals surface area contributed by atoms with Crippen LogP contribution < -0.4 is 5.73 Å². The van der Waals surface area contributed by atoms with E-state index < -0.39 is 390 Å². The van der Waals surface area contributed by atoms with Gasteiger partial charge in [-0.3, -0.25) is 0 Å². The number of hydrogen-bond acceptors (Lipinski definition) is 48. The van der Waals surface area contributed by atoms with Gasteiger partial charge in [0.2, 0.25) is 0 Å². The molecule has 0 spiro atoms. The first-order valence-corrected chi connectivity index (χ1v) is 38.5. The predicted molar refractivity (Wildman–Crippen MR) is 365 cm³/mol. The minimum Gasteiger partial charge on any atom is -0.477 e. The van der Waals surface area contributed by atoms with Gasteiger partial charge in [0.15, 0.2) is 50.3 Å². The van der Waals surface area contributed by atoms with E-state index in [0.717, 1.165) is 0 Å². The maximum absolute atomic E-state index is 12.8. The lowest BCUT2D eigenvalue weighted by Gasteiger charge is -2.51. The van der Waals surface area contributed by atoms with Crippen molar-refractivity contribution in [3.05, 3.63) is 0 Å². The number of carboxylic acids is 1. The third-order valence-electron chi connectivity index (χ3n) is 23.7. The van der Waals surface area contributed by atoms with Crippen molar-refractivity contribution in [1.29, 1.82) is 0 Å². The van der Waals surface area contributed by atoms with Crippen LogP contribution in [0.5, 0.6) is 0 Å². The first-order valence-electron chi connectivity index (χ1n) is 38.5. The van der Waals surface area contributed by atoms with E-state index in [4.69, 9.17) is 95.7 Å². The molecule has 20 unspecified atom stereocenters. The van der Waals surface area contributed by atoms with Crippen LogP contribution in [0.15, 0.2) is 0 Å². The molecule has 0 aromatic carbocycles. The molecule has 10 rings (SSSR count). The Morgan fingerprint density at radius 3 is 1.09 bits per heavy atom. The molecule has 30 N–H and O–H groups in total. The lowest BCUT2D eigenvalue weighted by atomic mass is 9.88. The zero-order valence-corrected chi connectivity index (χ0v) is 63.9. The van der Waals surface area contributed by atoms with Gasteiger partial charge in [-0.05, 0) is 6.92 Å². The van der Waals surface area contributed by atoms with Crippen LogP contribution in [0.1, 0.15) is 41.0 Å². The van der Waals surface area contributed by atoms with E-state index in [-0.39, 0.29) is 0 Å². The highest BCUT2D eigenvalue weighted by Crippen LogP contribution is 2.43. The zero-order chi connectivity index (χ0) is 86.2. The number of ether oxygens (including phenoxy) is 19. The summed E-state index contributed by atoms with van der Waals surface area (Å²) < 4.78 is 114. The van der Waals surface area contributed by atoms with Crippen molar-refractivity contribution in [3.8, 4) is 0 Å². The lowest BCUT2D eigenvalue weighted by Crippen LogP contribution is -2.68. The molecule has 0 aliphatic carbocycles. The second-order valence-corrected chi connectivity index (χ2v) is 31.4. The van der Waals surface area contributed by atoms with Crippen molar-refractivity contribution < 1.29 is 238 Å². The largest absolute Gasteiger partial charge is 0.477 e. The summed E-state index contributed by atoms with van der Waals surface area (Å²) in [4.78, 5) is 12.8. The quantitative estimate of drug-likeness (QED) is 0.0306. The van der Waals surface area contributed by atoms with Gasteiger partial charge in [0.1, 0.15) is 189 Å². The fourth-order valence-corrected chi connectivity index (χ4v) is 15.9. The summed E-state index contributed by atoms with van der Waals surface area (Å²) in [6, 6.07) is -1.56. The molecule has 51 atom stereocenters. The molecule has 0 aromatic heterocycles. The van der Waals surface area contributed by atoms with Crippen LogP contribution in [0.3, 0.4) is 0 Å². The van der Waals surface area contributed by atoms with Crippen LogP contribution in [-0.2, 0) is 94.8 Å². The molecule has 10 saturated heterocycles. The number of carboxylic acid groups (broad SMARTS) is 1. The molecular formula is C68H117NO48. The molecule has 49 heteroatoms. The molecule has 0 radical (unpaired) electrons. The molecule has 10 aliphatic heterocycles. The van der Waals surface area contributed by atoms with Crippen LogP contribution in [0.2, 0.25) is 0 Å². The van der Waals surface area contributed by atoms with Crippen LogP contribution in [-0.4, -0.2) is 503 Å². The minimum absolute atomic E-state index is 0.552. The Morgan fingerprint density at radius 1 is 0.350 bits per heavy atom. The number of aliphatic carboxylic acids is 1. The van der Waals surface area contributed by atoms with E-state index in [1.165, 1.54) is 20.8 Å². The van der Waals surface area contributed by atoms with Gasteiger partial charge in [-0.25, -0.2) is 4.79 Å². The summed E-state index contributed by atoms with van der Waals surface area (Å²) in [6.07, 6.45) is -85.6. The van der Waals surface area contributed by atoms with Crippen molar-refractivity contribution in [2.45, 2.75) is 329 Å². The fraction of sp³-hybridized carbons (Fsp3) is 0.985. The summed E-state index contributed by atoms with van der Waals surface area (Å²) in [7, 11) is 0. The Bertz CT molecular complexity index is 3020. The van der Waals surface area contributed by atoms with E-state index in [9.17, 15) is 148 Å². The van der Waals surface area contributed by atoms with Crippen molar-refractivity contribution in [3.63, 3.8) is 0 Å². The second kappa shape index (κ2) is 41.4. The SMILES string of the molecule is CC1C(O)[C@H](O[C@@H]2OC(CO[C@]3(C(=O)O)C[C@@H](O)[C@@H](N)C([C@H](O)C(O)CO)O3)[C@H](O)C(O)[C@@H]2O)[C@H](CO)O[C@H]1O[C@@H]1C(O)[C@H](O)C(CO)O[C@@H]1OCC1O[C@@H](O[C@@H]2C(CO)O[C@@H](O[C@@H]3C(CO)O[C@@H](C)[C@@H](C)C3O)[C@@H](C)C2O)[C@H](O)C(O[C@H]2O[C@H](CO)[C@@H](O)C(O)C2O[C@@H]2OC(CO)[C@@H](O[C@@H]3OC(CO)[C@H](O)C(O)[C@@H]3O)C(O)[C@@H]2C)[C@@H]1O. The number of nitrogens with two attached hydrogens (primary N) is 1. The molecule has 49 nitrogen and oxygen atoms in total. The Kier molecular flexibility index (Phi) is 34.2. The summed E-state index contributed by atoms with van der Waals surface area (Å²) in [5.74, 6) is -9.43. The molecule has 0 amide bonds. The van der Waals surface area contributed by atoms with Crippen LogP contribution >= 0.6 is 0 Å². The third-order valence-corrected chi connectivity index (χ3v) is 23.7. The van der Waals surface area contributed by atoms with Gasteiger partial charge in [0.05, 0.1) is 109 Å². The van der Waals surface area contributed by atoms with Crippen molar-refractivity contribution in [2.75, 3.05) is 66.1 Å². The van der Waals surface area contributed by atoms with Gasteiger partial charge in [-0.1, -0.05) is 27.7 Å². The topological polar surface area (TPSA) is 785 Å². The minimum atomic E-state index is -2.94. The molecule has 117 heavy (non-hydrogen) atoms. The van der Waals surface area contributed by atoms with E-state index in [1.807, 2.05) is 0 Å². The van der Waals surface area contributed by atoms with Crippen LogP contribution in [0.25, 0.3) is 0 Å². The van der Waals surface area contributed by atoms with Crippen LogP contribution in [0, 0.1) is 23.7 Å². The number of carbonyl (C=O) groups is 1. The highest BCUT2D eigenvalue weighted by molar-refractivity contribution is 5.76. The Balaban J connectivity index is 0.893. The molecule has 10 heterocycles. The van der Waals surface area contributed by atoms with Crippen molar-refractivity contribution >= 4 is 5.97 Å². The molecule has 682 valence electrons. The summed E-state index contributed by atoms with van der Waals surface area (Å²) in [5, 5.41) is 309. The van der Waals surface area contributed by atoms with Gasteiger partial charge >= 0.3 is 5.97 Å². The first-order chi connectivity index (χ1) is 55.3. The summed E-state index contributed by atoms with van der Waals surface area (Å²) in [6.45, 7) is -2.70. The maximum atomic E-state index is 12.8. The smallest absolute Gasteiger partial charge is 0.364 e.